The van der Waals surface area contributed by atoms with E-state index in [2.05, 4.69) is 5.32 Å². The Kier molecular flexibility index (Phi) is 3.94. The molecule has 15 heavy (non-hydrogen) atoms. The molecule has 0 aliphatic heterocycles. The SMILES string of the molecule is CC(C)(C)OC(=O)N[C@@H]1CCC[C@@H](F)C1. The van der Waals surface area contributed by atoms with Crippen LogP contribution in [0.3, 0.4) is 0 Å². The molecule has 0 heterocycles. The van der Waals surface area contributed by atoms with E-state index in [1.165, 1.54) is 0 Å². The first-order valence-electron chi connectivity index (χ1n) is 5.50. The topological polar surface area (TPSA) is 38.3 Å². The molecule has 1 N–H and O–H groups in total. The summed E-state index contributed by atoms with van der Waals surface area (Å²) >= 11 is 0. The molecule has 0 spiro atoms. The average Bonchev–Trinajstić information content (AvgIpc) is 1.99. The van der Waals surface area contributed by atoms with Crippen LogP contribution in [0.25, 0.3) is 0 Å². The summed E-state index contributed by atoms with van der Waals surface area (Å²) in [7, 11) is 0. The molecule has 0 unspecified atom stereocenters. The molecule has 1 fully saturated rings. The van der Waals surface area contributed by atoms with Gasteiger partial charge in [-0.15, -0.1) is 0 Å². The van der Waals surface area contributed by atoms with Gasteiger partial charge in [-0.25, -0.2) is 9.18 Å². The first kappa shape index (κ1) is 12.3. The van der Waals surface area contributed by atoms with E-state index in [4.69, 9.17) is 4.74 Å². The molecule has 3 nitrogen and oxygen atoms in total. The van der Waals surface area contributed by atoms with Gasteiger partial charge in [0.05, 0.1) is 0 Å². The second kappa shape index (κ2) is 4.81. The van der Waals surface area contributed by atoms with Crippen LogP contribution in [0.2, 0.25) is 0 Å². The highest BCUT2D eigenvalue weighted by molar-refractivity contribution is 5.68. The van der Waals surface area contributed by atoms with Crippen molar-refractivity contribution in [3.8, 4) is 0 Å². The van der Waals surface area contributed by atoms with E-state index >= 15 is 0 Å². The molecule has 0 aromatic carbocycles. The third kappa shape index (κ3) is 5.00. The zero-order valence-electron chi connectivity index (χ0n) is 9.68. The van der Waals surface area contributed by atoms with Crippen LogP contribution in [0.5, 0.6) is 0 Å². The predicted octanol–water partition coefficient (Wildman–Crippen LogP) is 2.79. The van der Waals surface area contributed by atoms with Crippen molar-refractivity contribution in [3.63, 3.8) is 0 Å². The maximum Gasteiger partial charge on any atom is 0.407 e. The molecule has 1 amide bonds. The van der Waals surface area contributed by atoms with E-state index in [0.29, 0.717) is 12.8 Å². The summed E-state index contributed by atoms with van der Waals surface area (Å²) in [6.07, 6.45) is 1.49. The molecule has 0 saturated heterocycles. The maximum absolute atomic E-state index is 13.0. The number of halogens is 1. The molecular weight excluding hydrogens is 197 g/mol. The monoisotopic (exact) mass is 217 g/mol. The number of carbonyl (C=O) groups excluding carboxylic acids is 1. The Hall–Kier alpha value is -0.800. The molecule has 1 aliphatic rings. The number of carbonyl (C=O) groups is 1. The number of alkyl halides is 1. The average molecular weight is 217 g/mol. The smallest absolute Gasteiger partial charge is 0.407 e. The Morgan fingerprint density at radius 2 is 2.07 bits per heavy atom. The summed E-state index contributed by atoms with van der Waals surface area (Å²) in [6.45, 7) is 5.43. The lowest BCUT2D eigenvalue weighted by Crippen LogP contribution is -2.41. The lowest BCUT2D eigenvalue weighted by Gasteiger charge is -2.27. The van der Waals surface area contributed by atoms with Crippen molar-refractivity contribution in [1.82, 2.24) is 5.32 Å². The Balaban J connectivity index is 2.31. The minimum atomic E-state index is -0.779. The molecule has 1 saturated carbocycles. The van der Waals surface area contributed by atoms with E-state index < -0.39 is 17.9 Å². The summed E-state index contributed by atoms with van der Waals surface area (Å²) in [5.41, 5.74) is -0.492. The van der Waals surface area contributed by atoms with Gasteiger partial charge in [0, 0.05) is 6.04 Å². The van der Waals surface area contributed by atoms with E-state index in [1.807, 2.05) is 20.8 Å². The van der Waals surface area contributed by atoms with Crippen molar-refractivity contribution in [1.29, 1.82) is 0 Å². The van der Waals surface area contributed by atoms with Gasteiger partial charge in [0.25, 0.3) is 0 Å². The van der Waals surface area contributed by atoms with Gasteiger partial charge in [0.15, 0.2) is 0 Å². The summed E-state index contributed by atoms with van der Waals surface area (Å²) in [5, 5.41) is 2.70. The van der Waals surface area contributed by atoms with Gasteiger partial charge in [-0.3, -0.25) is 0 Å². The van der Waals surface area contributed by atoms with E-state index in [9.17, 15) is 9.18 Å². The van der Waals surface area contributed by atoms with Crippen LogP contribution in [0.1, 0.15) is 46.5 Å². The molecule has 1 rings (SSSR count). The number of nitrogens with one attached hydrogen (secondary N) is 1. The van der Waals surface area contributed by atoms with Crippen molar-refractivity contribution in [2.75, 3.05) is 0 Å². The Labute approximate surface area is 90.4 Å². The molecule has 1 aliphatic carbocycles. The van der Waals surface area contributed by atoms with Gasteiger partial charge in [-0.05, 0) is 46.5 Å². The zero-order chi connectivity index (χ0) is 11.5. The molecule has 0 aromatic rings. The first-order valence-corrected chi connectivity index (χ1v) is 5.50. The van der Waals surface area contributed by atoms with Crippen LogP contribution in [0, 0.1) is 0 Å². The number of alkyl carbamates (subject to hydrolysis) is 1. The van der Waals surface area contributed by atoms with Crippen molar-refractivity contribution >= 4 is 6.09 Å². The predicted molar refractivity (Wildman–Crippen MR) is 56.5 cm³/mol. The number of hydrogen-bond donors (Lipinski definition) is 1. The fourth-order valence-electron chi connectivity index (χ4n) is 1.74. The molecular formula is C11H20FNO2. The van der Waals surface area contributed by atoms with Crippen molar-refractivity contribution < 1.29 is 13.9 Å². The van der Waals surface area contributed by atoms with Gasteiger partial charge in [0.2, 0.25) is 0 Å². The molecule has 88 valence electrons. The lowest BCUT2D eigenvalue weighted by atomic mass is 9.94. The van der Waals surface area contributed by atoms with E-state index in [0.717, 1.165) is 12.8 Å². The minimum Gasteiger partial charge on any atom is -0.444 e. The number of rotatable bonds is 1. The van der Waals surface area contributed by atoms with Gasteiger partial charge in [-0.1, -0.05) is 0 Å². The highest BCUT2D eigenvalue weighted by Gasteiger charge is 2.24. The second-order valence-electron chi connectivity index (χ2n) is 5.11. The standard InChI is InChI=1S/C11H20FNO2/c1-11(2,3)15-10(14)13-9-6-4-5-8(12)7-9/h8-9H,4-7H2,1-3H3,(H,13,14)/t8-,9-/m1/s1. The van der Waals surface area contributed by atoms with E-state index in [1.54, 1.807) is 0 Å². The van der Waals surface area contributed by atoms with Crippen LogP contribution in [-0.4, -0.2) is 23.9 Å². The zero-order valence-corrected chi connectivity index (χ0v) is 9.68. The number of amides is 1. The number of hydrogen-bond acceptors (Lipinski definition) is 2. The quantitative estimate of drug-likeness (QED) is 0.733. The van der Waals surface area contributed by atoms with Gasteiger partial charge in [-0.2, -0.15) is 0 Å². The van der Waals surface area contributed by atoms with Crippen LogP contribution < -0.4 is 5.32 Å². The Bertz CT molecular complexity index is 225. The third-order valence-corrected chi connectivity index (χ3v) is 2.33. The van der Waals surface area contributed by atoms with Gasteiger partial charge < -0.3 is 10.1 Å². The minimum absolute atomic E-state index is 0.0661. The summed E-state index contributed by atoms with van der Waals surface area (Å²) in [4.78, 5) is 11.4. The largest absolute Gasteiger partial charge is 0.444 e. The van der Waals surface area contributed by atoms with Crippen molar-refractivity contribution in [2.24, 2.45) is 0 Å². The van der Waals surface area contributed by atoms with Crippen LogP contribution in [-0.2, 0) is 4.74 Å². The Morgan fingerprint density at radius 3 is 2.60 bits per heavy atom. The first-order chi connectivity index (χ1) is 6.87. The molecule has 0 radical (unpaired) electrons. The summed E-state index contributed by atoms with van der Waals surface area (Å²) < 4.78 is 18.1. The normalized spacial score (nSPS) is 27.2. The van der Waals surface area contributed by atoms with Gasteiger partial charge in [0.1, 0.15) is 11.8 Å². The lowest BCUT2D eigenvalue weighted by molar-refractivity contribution is 0.0480. The van der Waals surface area contributed by atoms with Crippen LogP contribution >= 0.6 is 0 Å². The summed E-state index contributed by atoms with van der Waals surface area (Å²) in [5.74, 6) is 0. The second-order valence-corrected chi connectivity index (χ2v) is 5.11. The van der Waals surface area contributed by atoms with Gasteiger partial charge >= 0.3 is 6.09 Å². The van der Waals surface area contributed by atoms with Crippen LogP contribution in [0.4, 0.5) is 9.18 Å². The fraction of sp³-hybridized carbons (Fsp3) is 0.909. The highest BCUT2D eigenvalue weighted by atomic mass is 19.1. The highest BCUT2D eigenvalue weighted by Crippen LogP contribution is 2.21. The molecule has 4 heteroatoms. The Morgan fingerprint density at radius 1 is 1.40 bits per heavy atom. The molecule has 0 aromatic heterocycles. The fourth-order valence-corrected chi connectivity index (χ4v) is 1.74. The molecule has 2 atom stereocenters. The number of ether oxygens (including phenoxy) is 1. The van der Waals surface area contributed by atoms with E-state index in [-0.39, 0.29) is 6.04 Å². The molecule has 0 bridgehead atoms. The van der Waals surface area contributed by atoms with Crippen molar-refractivity contribution in [3.05, 3.63) is 0 Å². The van der Waals surface area contributed by atoms with Crippen LogP contribution in [0.15, 0.2) is 0 Å². The third-order valence-electron chi connectivity index (χ3n) is 2.33. The van der Waals surface area contributed by atoms with Crippen molar-refractivity contribution in [2.45, 2.75) is 64.3 Å². The summed E-state index contributed by atoms with van der Waals surface area (Å²) in [6, 6.07) is -0.0661. The maximum atomic E-state index is 13.0.